The Morgan fingerprint density at radius 3 is 2.70 bits per heavy atom. The summed E-state index contributed by atoms with van der Waals surface area (Å²) in [5, 5.41) is 8.12. The Bertz CT molecular complexity index is 1770. The highest BCUT2D eigenvalue weighted by Crippen LogP contribution is 2.47. The number of likely N-dealkylation sites (tertiary alicyclic amines) is 1. The third-order valence-electron chi connectivity index (χ3n) is 9.03. The number of amides is 1. The summed E-state index contributed by atoms with van der Waals surface area (Å²) in [4.78, 5) is 31.7. The van der Waals surface area contributed by atoms with Gasteiger partial charge in [0.2, 0.25) is 5.43 Å². The Morgan fingerprint density at radius 2 is 1.88 bits per heavy atom. The minimum absolute atomic E-state index is 0.0363. The highest BCUT2D eigenvalue weighted by atomic mass is 19.1. The van der Waals surface area contributed by atoms with Crippen molar-refractivity contribution in [3.05, 3.63) is 70.3 Å². The highest BCUT2D eigenvalue weighted by molar-refractivity contribution is 6.03. The number of carbonyl (C=O) groups excluding carboxylic acids is 1. The topological polar surface area (TPSA) is 88.1 Å². The predicted molar refractivity (Wildman–Crippen MR) is 165 cm³/mol. The van der Waals surface area contributed by atoms with Gasteiger partial charge in [-0.15, -0.1) is 0 Å². The smallest absolute Gasteiger partial charge is 0.256 e. The molecule has 4 aromatic rings. The van der Waals surface area contributed by atoms with Crippen LogP contribution < -0.4 is 20.8 Å². The van der Waals surface area contributed by atoms with E-state index in [-0.39, 0.29) is 22.4 Å². The molecule has 1 aromatic heterocycles. The van der Waals surface area contributed by atoms with Gasteiger partial charge < -0.3 is 29.6 Å². The summed E-state index contributed by atoms with van der Waals surface area (Å²) in [6.45, 7) is 5.62. The van der Waals surface area contributed by atoms with E-state index in [2.05, 4.69) is 27.5 Å². The molecule has 2 N–H and O–H groups in total. The van der Waals surface area contributed by atoms with Gasteiger partial charge in [0.15, 0.2) is 17.3 Å². The van der Waals surface area contributed by atoms with Gasteiger partial charge in [-0.1, -0.05) is 30.3 Å². The number of benzene rings is 3. The second-order valence-electron chi connectivity index (χ2n) is 11.6. The molecular formula is C33H36FN5O4. The third kappa shape index (κ3) is 5.13. The van der Waals surface area contributed by atoms with E-state index in [9.17, 15) is 9.59 Å². The van der Waals surface area contributed by atoms with Crippen LogP contribution in [0.15, 0.2) is 53.5 Å². The maximum Gasteiger partial charge on any atom is 0.256 e. The lowest BCUT2D eigenvalue weighted by Crippen LogP contribution is -2.42. The number of ether oxygens (including phenoxy) is 2. The largest absolute Gasteiger partial charge is 0.450 e. The van der Waals surface area contributed by atoms with Crippen molar-refractivity contribution in [2.45, 2.75) is 25.3 Å². The minimum Gasteiger partial charge on any atom is -0.450 e. The zero-order valence-electron chi connectivity index (χ0n) is 24.3. The number of hydrogen-bond acceptors (Lipinski definition) is 7. The van der Waals surface area contributed by atoms with E-state index in [1.54, 1.807) is 6.20 Å². The number of halogens is 1. The Morgan fingerprint density at radius 1 is 1.05 bits per heavy atom. The van der Waals surface area contributed by atoms with Crippen LogP contribution in [-0.4, -0.2) is 85.8 Å². The van der Waals surface area contributed by atoms with Crippen molar-refractivity contribution in [3.63, 3.8) is 0 Å². The Labute approximate surface area is 249 Å². The number of rotatable bonds is 8. The molecule has 1 atom stereocenters. The van der Waals surface area contributed by atoms with E-state index in [0.717, 1.165) is 43.2 Å². The van der Waals surface area contributed by atoms with Crippen LogP contribution in [-0.2, 0) is 4.74 Å². The van der Waals surface area contributed by atoms with Crippen LogP contribution in [0.3, 0.4) is 0 Å². The van der Waals surface area contributed by atoms with Gasteiger partial charge in [0, 0.05) is 50.3 Å². The molecule has 10 heteroatoms. The van der Waals surface area contributed by atoms with Crippen molar-refractivity contribution < 1.29 is 18.7 Å². The third-order valence-corrected chi connectivity index (χ3v) is 9.03. The average Bonchev–Trinajstić information content (AvgIpc) is 3.44. The maximum atomic E-state index is 15.9. The second-order valence-corrected chi connectivity index (χ2v) is 11.6. The van der Waals surface area contributed by atoms with Gasteiger partial charge in [-0.3, -0.25) is 14.5 Å². The SMILES string of the molecule is CN1CCCC1CCNc1c(F)cc2c(=O)c(C(=O)NCCN3CCOCC3)cn3c2c1Oc1c-3ccc2ccccc12. The molecule has 4 heterocycles. The molecule has 0 radical (unpaired) electrons. The maximum absolute atomic E-state index is 15.9. The summed E-state index contributed by atoms with van der Waals surface area (Å²) in [6, 6.07) is 13.4. The Hall–Kier alpha value is -3.99. The normalized spacial score (nSPS) is 18.5. The summed E-state index contributed by atoms with van der Waals surface area (Å²) in [5.41, 5.74) is 0.791. The number of nitrogens with one attached hydrogen (secondary N) is 2. The highest BCUT2D eigenvalue weighted by Gasteiger charge is 2.30. The lowest BCUT2D eigenvalue weighted by molar-refractivity contribution is 0.0383. The fourth-order valence-electron chi connectivity index (χ4n) is 6.63. The molecular weight excluding hydrogens is 549 g/mol. The van der Waals surface area contributed by atoms with Crippen molar-refractivity contribution in [1.82, 2.24) is 19.7 Å². The lowest BCUT2D eigenvalue weighted by atomic mass is 10.0. The van der Waals surface area contributed by atoms with Gasteiger partial charge >= 0.3 is 0 Å². The molecule has 7 rings (SSSR count). The lowest BCUT2D eigenvalue weighted by Gasteiger charge is -2.28. The summed E-state index contributed by atoms with van der Waals surface area (Å²) in [5.74, 6) is -0.254. The average molecular weight is 586 g/mol. The molecule has 1 amide bonds. The number of hydrogen-bond donors (Lipinski definition) is 2. The van der Waals surface area contributed by atoms with Gasteiger partial charge in [-0.2, -0.15) is 0 Å². The van der Waals surface area contributed by atoms with E-state index in [4.69, 9.17) is 9.47 Å². The number of aromatic nitrogens is 1. The van der Waals surface area contributed by atoms with Crippen LogP contribution >= 0.6 is 0 Å². The second kappa shape index (κ2) is 11.6. The van der Waals surface area contributed by atoms with Crippen LogP contribution in [0.2, 0.25) is 0 Å². The number of carbonyl (C=O) groups is 1. The predicted octanol–water partition coefficient (Wildman–Crippen LogP) is 4.35. The van der Waals surface area contributed by atoms with E-state index in [1.165, 1.54) is 12.5 Å². The number of nitrogens with zero attached hydrogens (tertiary/aromatic N) is 3. The minimum atomic E-state index is -0.584. The standard InChI is InChI=1S/C33H36FN5O4/c1-37-13-4-6-22(37)10-11-35-28-26(34)19-24-29-32(28)43-31-23-7-3-2-5-21(23)8-9-27(31)39(29)20-25(30(24)40)33(41)36-12-14-38-15-17-42-18-16-38/h2-3,5,7-9,19-20,22,35H,4,6,10-18H2,1H3,(H,36,41). The molecule has 0 spiro atoms. The van der Waals surface area contributed by atoms with Crippen molar-refractivity contribution in [3.8, 4) is 17.2 Å². The number of anilines is 1. The van der Waals surface area contributed by atoms with E-state index < -0.39 is 17.2 Å². The van der Waals surface area contributed by atoms with Crippen LogP contribution in [0.1, 0.15) is 29.6 Å². The number of fused-ring (bicyclic) bond motifs is 4. The van der Waals surface area contributed by atoms with E-state index >= 15 is 4.39 Å². The van der Waals surface area contributed by atoms with Crippen molar-refractivity contribution in [1.29, 1.82) is 0 Å². The summed E-state index contributed by atoms with van der Waals surface area (Å²) < 4.78 is 29.6. The van der Waals surface area contributed by atoms with Crippen LogP contribution in [0, 0.1) is 5.82 Å². The quantitative estimate of drug-likeness (QED) is 0.280. The number of pyridine rings is 1. The molecule has 3 aliphatic heterocycles. The molecule has 43 heavy (non-hydrogen) atoms. The summed E-state index contributed by atoms with van der Waals surface area (Å²) in [7, 11) is 2.12. The molecule has 3 aromatic carbocycles. The van der Waals surface area contributed by atoms with Crippen molar-refractivity contribution in [2.24, 2.45) is 0 Å². The number of morpholine rings is 1. The van der Waals surface area contributed by atoms with Crippen LogP contribution in [0.5, 0.6) is 11.5 Å². The fourth-order valence-corrected chi connectivity index (χ4v) is 6.63. The first kappa shape index (κ1) is 27.8. The van der Waals surface area contributed by atoms with Gasteiger partial charge in [-0.25, -0.2) is 4.39 Å². The van der Waals surface area contributed by atoms with Gasteiger partial charge in [0.1, 0.15) is 16.8 Å². The van der Waals surface area contributed by atoms with E-state index in [1.807, 2.05) is 41.0 Å². The summed E-state index contributed by atoms with van der Waals surface area (Å²) >= 11 is 0. The molecule has 0 saturated carbocycles. The van der Waals surface area contributed by atoms with Crippen molar-refractivity contribution >= 4 is 33.3 Å². The zero-order chi connectivity index (χ0) is 29.5. The van der Waals surface area contributed by atoms with Crippen molar-refractivity contribution in [2.75, 3.05) is 64.8 Å². The fraction of sp³-hybridized carbons (Fsp3) is 0.394. The van der Waals surface area contributed by atoms with Gasteiger partial charge in [0.25, 0.3) is 5.91 Å². The van der Waals surface area contributed by atoms with Gasteiger partial charge in [0.05, 0.1) is 24.3 Å². The van der Waals surface area contributed by atoms with Crippen LogP contribution in [0.25, 0.3) is 27.4 Å². The molecule has 9 nitrogen and oxygen atoms in total. The summed E-state index contributed by atoms with van der Waals surface area (Å²) in [6.07, 6.45) is 4.73. The first-order valence-corrected chi connectivity index (χ1v) is 15.1. The molecule has 224 valence electrons. The molecule has 1 unspecified atom stereocenters. The molecule has 0 aliphatic carbocycles. The zero-order valence-corrected chi connectivity index (χ0v) is 24.3. The molecule has 2 saturated heterocycles. The molecule has 0 bridgehead atoms. The van der Waals surface area contributed by atoms with Crippen LogP contribution in [0.4, 0.5) is 10.1 Å². The van der Waals surface area contributed by atoms with Gasteiger partial charge in [-0.05, 0) is 50.4 Å². The molecule has 3 aliphatic rings. The molecule has 2 fully saturated rings. The Kier molecular flexibility index (Phi) is 7.50. The monoisotopic (exact) mass is 585 g/mol. The first-order chi connectivity index (χ1) is 21.0. The van der Waals surface area contributed by atoms with E-state index in [0.29, 0.717) is 55.8 Å². The Balaban J connectivity index is 1.29. The first-order valence-electron chi connectivity index (χ1n) is 15.1.